The second kappa shape index (κ2) is 21.8. The lowest BCUT2D eigenvalue weighted by molar-refractivity contribution is -0.141. The maximum absolute atomic E-state index is 16.1. The number of halogens is 2. The fraction of sp³-hybridized carbons (Fsp3) is 0.410. The molecule has 6 atom stereocenters. The van der Waals surface area contributed by atoms with Gasteiger partial charge in [0.25, 0.3) is 5.91 Å². The Balaban J connectivity index is 0.809. The molecule has 7 aromatic rings. The van der Waals surface area contributed by atoms with E-state index < -0.39 is 42.0 Å². The number of nitrogens with one attached hydrogen (secondary N) is 4. The van der Waals surface area contributed by atoms with E-state index in [9.17, 15) is 19.5 Å². The number of carbonyl (C=O) groups excluding carboxylic acids is 3. The maximum Gasteiger partial charge on any atom is 0.319 e. The summed E-state index contributed by atoms with van der Waals surface area (Å²) in [6.07, 6.45) is 5.09. The van der Waals surface area contributed by atoms with Gasteiger partial charge in [0.15, 0.2) is 5.75 Å². The number of rotatable bonds is 16. The first-order valence-electron chi connectivity index (χ1n) is 27.7. The Morgan fingerprint density at radius 1 is 0.911 bits per heavy atom. The number of nitrogens with zero attached hydrogens (tertiary/aromatic N) is 5. The monoisotopic (exact) mass is 1090 g/mol. The largest absolute Gasteiger partial charge is 0.486 e. The Labute approximate surface area is 462 Å². The highest BCUT2D eigenvalue weighted by atomic mass is 35.5. The number of aromatic nitrogens is 4. The van der Waals surface area contributed by atoms with Gasteiger partial charge in [0.2, 0.25) is 11.8 Å². The van der Waals surface area contributed by atoms with Crippen molar-refractivity contribution in [2.75, 3.05) is 37.7 Å². The van der Waals surface area contributed by atoms with Gasteiger partial charge in [-0.3, -0.25) is 19.5 Å². The molecule has 0 radical (unpaired) electrons. The molecule has 410 valence electrons. The SMILES string of the molecule is Cc1c(F)cc2[nH]ncc2c1-c1c(C2CC2)cc2c(N3C[C@@H]4C[C@H]3CN4)nc(OC3CCOCC3)nc2c1OCc1ccc(C(=O)N[C@H](C(=O)N2C[C@H](O)C[C@H]2C(=O)N[C@@H](C)c2ccc(-c3ccccc3Cl)cc2)C(C)C)cc1. The predicted molar refractivity (Wildman–Crippen MR) is 300 cm³/mol. The van der Waals surface area contributed by atoms with Gasteiger partial charge in [0, 0.05) is 89.0 Å². The molecular formula is C61H65ClFN9O7. The molecule has 1 aliphatic carbocycles. The van der Waals surface area contributed by atoms with Crippen LogP contribution >= 0.6 is 11.6 Å². The Kier molecular flexibility index (Phi) is 14.5. The molecule has 12 rings (SSSR count). The number of aliphatic hydroxyl groups is 1. The topological polar surface area (TPSA) is 196 Å². The average molecular weight is 1090 g/mol. The van der Waals surface area contributed by atoms with Crippen LogP contribution in [0.15, 0.2) is 91.1 Å². The molecule has 0 spiro atoms. The highest BCUT2D eigenvalue weighted by molar-refractivity contribution is 6.33. The van der Waals surface area contributed by atoms with Crippen LogP contribution < -0.4 is 30.3 Å². The van der Waals surface area contributed by atoms with E-state index in [2.05, 4.69) is 37.1 Å². The minimum absolute atomic E-state index is 0.0493. The van der Waals surface area contributed by atoms with E-state index in [-0.39, 0.29) is 55.4 Å². The number of likely N-dealkylation sites (tertiary alicyclic amines) is 1. The van der Waals surface area contributed by atoms with Crippen LogP contribution in [0, 0.1) is 18.7 Å². The van der Waals surface area contributed by atoms with Crippen molar-refractivity contribution in [2.45, 2.75) is 121 Å². The standard InChI is InChI=1S/C61H65ClFN9O7/c1-32(2)54(60(76)72-30-42(73)24-51(72)59(75)66-34(4)36-13-15-37(16-14-36)44-7-5-6-8-48(44)62)67-58(74)39-11-9-35(10-12-39)31-78-56-53(52-33(3)49(63)26-50-47(52)28-65-70-50)45(38-17-18-38)25-46-55(56)68-61(79-43-19-21-77-22-20-43)69-57(46)71-29-40-23-41(71)27-64-40/h5-16,25-26,28,32,34,38,40-43,51,54,64,73H,17-24,27,29-31H2,1-4H3,(H,65,70)(H,66,75)(H,67,74)/t34-,40-,41-,42+,51-,54-/m0/s1. The fourth-order valence-corrected chi connectivity index (χ4v) is 12.3. The van der Waals surface area contributed by atoms with Crippen LogP contribution in [0.25, 0.3) is 44.1 Å². The number of carbonyl (C=O) groups is 3. The van der Waals surface area contributed by atoms with Crippen molar-refractivity contribution in [3.8, 4) is 34.0 Å². The number of aliphatic hydroxyl groups excluding tert-OH is 1. The third kappa shape index (κ3) is 10.5. The third-order valence-electron chi connectivity index (χ3n) is 16.6. The van der Waals surface area contributed by atoms with Crippen LogP contribution in [0.4, 0.5) is 10.2 Å². The molecule has 2 aromatic heterocycles. The lowest BCUT2D eigenvalue weighted by Gasteiger charge is -2.31. The minimum atomic E-state index is -0.997. The first-order valence-corrected chi connectivity index (χ1v) is 28.1. The summed E-state index contributed by atoms with van der Waals surface area (Å²) in [7, 11) is 0. The predicted octanol–water partition coefficient (Wildman–Crippen LogP) is 9.10. The second-order valence-electron chi connectivity index (χ2n) is 22.3. The van der Waals surface area contributed by atoms with Gasteiger partial charge >= 0.3 is 6.01 Å². The number of benzene rings is 5. The van der Waals surface area contributed by atoms with Crippen LogP contribution in [0.5, 0.6) is 11.8 Å². The quantitative estimate of drug-likeness (QED) is 0.0617. The number of hydrogen-bond donors (Lipinski definition) is 5. The van der Waals surface area contributed by atoms with Gasteiger partial charge in [-0.25, -0.2) is 4.39 Å². The maximum atomic E-state index is 16.1. The molecule has 5 aromatic carbocycles. The van der Waals surface area contributed by atoms with Crippen LogP contribution in [0.2, 0.25) is 5.02 Å². The number of fused-ring (bicyclic) bond motifs is 4. The van der Waals surface area contributed by atoms with Gasteiger partial charge in [0.1, 0.15) is 41.9 Å². The number of aromatic amines is 1. The zero-order chi connectivity index (χ0) is 54.6. The third-order valence-corrected chi connectivity index (χ3v) is 16.9. The summed E-state index contributed by atoms with van der Waals surface area (Å²) in [5.74, 6) is -0.582. The summed E-state index contributed by atoms with van der Waals surface area (Å²) in [6, 6.07) is 24.5. The smallest absolute Gasteiger partial charge is 0.319 e. The fourth-order valence-electron chi connectivity index (χ4n) is 12.0. The average Bonchev–Trinajstić information content (AvgIpc) is 4.02. The van der Waals surface area contributed by atoms with Crippen LogP contribution in [0.1, 0.15) is 104 Å². The molecule has 5 fully saturated rings. The van der Waals surface area contributed by atoms with Gasteiger partial charge in [-0.2, -0.15) is 15.1 Å². The number of ether oxygens (including phenoxy) is 3. The van der Waals surface area contributed by atoms with Gasteiger partial charge in [0.05, 0.1) is 37.1 Å². The summed E-state index contributed by atoms with van der Waals surface area (Å²) < 4.78 is 35.5. The molecule has 4 saturated heterocycles. The minimum Gasteiger partial charge on any atom is -0.486 e. The van der Waals surface area contributed by atoms with Crippen molar-refractivity contribution in [1.29, 1.82) is 0 Å². The zero-order valence-corrected chi connectivity index (χ0v) is 45.5. The molecule has 18 heteroatoms. The highest BCUT2D eigenvalue weighted by Crippen LogP contribution is 2.53. The molecule has 5 N–H and O–H groups in total. The molecule has 4 aliphatic heterocycles. The van der Waals surface area contributed by atoms with Crippen LogP contribution in [-0.4, -0.2) is 117 Å². The van der Waals surface area contributed by atoms with Crippen molar-refractivity contribution in [3.63, 3.8) is 0 Å². The van der Waals surface area contributed by atoms with E-state index in [1.54, 1.807) is 25.3 Å². The van der Waals surface area contributed by atoms with E-state index in [1.165, 1.54) is 11.0 Å². The van der Waals surface area contributed by atoms with E-state index >= 15 is 4.39 Å². The highest BCUT2D eigenvalue weighted by Gasteiger charge is 2.44. The summed E-state index contributed by atoms with van der Waals surface area (Å²) in [6.45, 7) is 10.1. The zero-order valence-electron chi connectivity index (χ0n) is 44.7. The van der Waals surface area contributed by atoms with Crippen LogP contribution in [0.3, 0.4) is 0 Å². The molecule has 2 bridgehead atoms. The van der Waals surface area contributed by atoms with Gasteiger partial charge in [-0.1, -0.05) is 80.0 Å². The number of H-pyrrole nitrogens is 1. The Morgan fingerprint density at radius 2 is 1.68 bits per heavy atom. The van der Waals surface area contributed by atoms with Crippen molar-refractivity contribution < 1.29 is 38.1 Å². The molecule has 79 heavy (non-hydrogen) atoms. The lowest BCUT2D eigenvalue weighted by Crippen LogP contribution is -2.55. The second-order valence-corrected chi connectivity index (χ2v) is 22.8. The molecular weight excluding hydrogens is 1030 g/mol. The first kappa shape index (κ1) is 52.5. The Morgan fingerprint density at radius 3 is 2.39 bits per heavy atom. The number of anilines is 1. The van der Waals surface area contributed by atoms with E-state index in [0.29, 0.717) is 70.6 Å². The molecule has 3 amide bonds. The van der Waals surface area contributed by atoms with Gasteiger partial charge in [-0.05, 0) is 103 Å². The van der Waals surface area contributed by atoms with Gasteiger partial charge < -0.3 is 45.1 Å². The molecule has 6 heterocycles. The molecule has 16 nitrogen and oxygen atoms in total. The van der Waals surface area contributed by atoms with Crippen molar-refractivity contribution in [2.24, 2.45) is 5.92 Å². The number of hydrogen-bond acceptors (Lipinski definition) is 12. The number of β-amino-alcohol motifs (C(OH)–C–C–N with tert-alkyl or cyclic N) is 1. The van der Waals surface area contributed by atoms with Crippen molar-refractivity contribution in [3.05, 3.63) is 130 Å². The lowest BCUT2D eigenvalue weighted by atomic mass is 9.88. The Bertz CT molecular complexity index is 3460. The number of piperazine rings is 1. The summed E-state index contributed by atoms with van der Waals surface area (Å²) in [5.41, 5.74) is 7.82. The van der Waals surface area contributed by atoms with E-state index in [1.807, 2.05) is 81.4 Å². The van der Waals surface area contributed by atoms with Crippen molar-refractivity contribution >= 4 is 56.9 Å². The first-order chi connectivity index (χ1) is 38.3. The summed E-state index contributed by atoms with van der Waals surface area (Å²) in [5, 5.41) is 30.1. The normalized spacial score (nSPS) is 21.0. The molecule has 1 saturated carbocycles. The molecule has 0 unspecified atom stereocenters. The van der Waals surface area contributed by atoms with Gasteiger partial charge in [-0.15, -0.1) is 0 Å². The Hall–Kier alpha value is -7.18. The summed E-state index contributed by atoms with van der Waals surface area (Å²) >= 11 is 6.44. The van der Waals surface area contributed by atoms with Crippen molar-refractivity contribution in [1.82, 2.24) is 41.0 Å². The van der Waals surface area contributed by atoms with E-state index in [4.69, 9.17) is 35.8 Å². The van der Waals surface area contributed by atoms with Crippen LogP contribution in [-0.2, 0) is 20.9 Å². The number of amides is 3. The summed E-state index contributed by atoms with van der Waals surface area (Å²) in [4.78, 5) is 56.6. The van der Waals surface area contributed by atoms with E-state index in [0.717, 1.165) is 82.3 Å². The molecule has 5 aliphatic rings.